The zero-order valence-corrected chi connectivity index (χ0v) is 15.2. The van der Waals surface area contributed by atoms with Crippen LogP contribution in [0.4, 0.5) is 4.39 Å². The van der Waals surface area contributed by atoms with Gasteiger partial charge in [-0.05, 0) is 59.7 Å². The maximum atomic E-state index is 13.5. The molecular weight excluding hydrogens is 363 g/mol. The number of hydrogen-bond donors (Lipinski definition) is 0. The van der Waals surface area contributed by atoms with Crippen LogP contribution in [0.15, 0.2) is 72.8 Å². The van der Waals surface area contributed by atoms with Crippen LogP contribution >= 0.6 is 11.6 Å². The van der Waals surface area contributed by atoms with Crippen molar-refractivity contribution in [2.24, 2.45) is 0 Å². The van der Waals surface area contributed by atoms with Crippen molar-refractivity contribution in [1.29, 1.82) is 5.26 Å². The molecule has 1 amide bonds. The van der Waals surface area contributed by atoms with Crippen LogP contribution in [-0.2, 0) is 13.1 Å². The lowest BCUT2D eigenvalue weighted by atomic mass is 10.1. The SMILES string of the molecule is N#Cc1ccc(CN(Cc2cccc(F)c2)C(=O)c2ccc(Cl)cc2)cc1. The summed E-state index contributed by atoms with van der Waals surface area (Å²) < 4.78 is 13.5. The Morgan fingerprint density at radius 2 is 1.63 bits per heavy atom. The van der Waals surface area contributed by atoms with E-state index < -0.39 is 0 Å². The number of carbonyl (C=O) groups excluding carboxylic acids is 1. The maximum Gasteiger partial charge on any atom is 0.254 e. The number of nitriles is 1. The lowest BCUT2D eigenvalue weighted by Crippen LogP contribution is -2.30. The Morgan fingerprint density at radius 3 is 2.26 bits per heavy atom. The van der Waals surface area contributed by atoms with Crippen LogP contribution in [-0.4, -0.2) is 10.8 Å². The van der Waals surface area contributed by atoms with Gasteiger partial charge in [0.25, 0.3) is 5.91 Å². The highest BCUT2D eigenvalue weighted by Gasteiger charge is 2.17. The third-order valence-corrected chi connectivity index (χ3v) is 4.35. The molecule has 27 heavy (non-hydrogen) atoms. The Labute approximate surface area is 162 Å². The van der Waals surface area contributed by atoms with Crippen molar-refractivity contribution in [3.05, 3.63) is 106 Å². The summed E-state index contributed by atoms with van der Waals surface area (Å²) in [4.78, 5) is 14.6. The van der Waals surface area contributed by atoms with Crippen molar-refractivity contribution in [1.82, 2.24) is 4.90 Å². The van der Waals surface area contributed by atoms with Crippen molar-refractivity contribution in [2.75, 3.05) is 0 Å². The molecule has 0 unspecified atom stereocenters. The molecule has 0 radical (unpaired) electrons. The van der Waals surface area contributed by atoms with Gasteiger partial charge in [-0.15, -0.1) is 0 Å². The van der Waals surface area contributed by atoms with Crippen molar-refractivity contribution in [2.45, 2.75) is 13.1 Å². The largest absolute Gasteiger partial charge is 0.330 e. The van der Waals surface area contributed by atoms with Gasteiger partial charge in [0.2, 0.25) is 0 Å². The average molecular weight is 379 g/mol. The van der Waals surface area contributed by atoms with Crippen LogP contribution in [0.2, 0.25) is 5.02 Å². The Kier molecular flexibility index (Phi) is 5.85. The number of amides is 1. The predicted octanol–water partition coefficient (Wildman–Crippen LogP) is 5.19. The van der Waals surface area contributed by atoms with Gasteiger partial charge >= 0.3 is 0 Å². The van der Waals surface area contributed by atoms with E-state index in [1.54, 1.807) is 53.4 Å². The molecule has 3 aromatic carbocycles. The van der Waals surface area contributed by atoms with E-state index in [2.05, 4.69) is 6.07 Å². The van der Waals surface area contributed by atoms with E-state index in [9.17, 15) is 9.18 Å². The zero-order chi connectivity index (χ0) is 19.2. The number of halogens is 2. The number of rotatable bonds is 5. The smallest absolute Gasteiger partial charge is 0.254 e. The molecule has 0 saturated heterocycles. The van der Waals surface area contributed by atoms with E-state index in [4.69, 9.17) is 16.9 Å². The summed E-state index contributed by atoms with van der Waals surface area (Å²) >= 11 is 5.91. The lowest BCUT2D eigenvalue weighted by molar-refractivity contribution is 0.0730. The Balaban J connectivity index is 1.88. The normalized spacial score (nSPS) is 10.3. The van der Waals surface area contributed by atoms with Crippen molar-refractivity contribution >= 4 is 17.5 Å². The number of carbonyl (C=O) groups is 1. The summed E-state index contributed by atoms with van der Waals surface area (Å²) in [6, 6.07) is 22.0. The minimum absolute atomic E-state index is 0.180. The van der Waals surface area contributed by atoms with Crippen molar-refractivity contribution in [3.63, 3.8) is 0 Å². The zero-order valence-electron chi connectivity index (χ0n) is 14.4. The highest BCUT2D eigenvalue weighted by molar-refractivity contribution is 6.30. The van der Waals surface area contributed by atoms with E-state index in [-0.39, 0.29) is 18.3 Å². The quantitative estimate of drug-likeness (QED) is 0.613. The van der Waals surface area contributed by atoms with Crippen molar-refractivity contribution in [3.8, 4) is 6.07 Å². The molecular formula is C22H16ClFN2O. The van der Waals surface area contributed by atoms with Gasteiger partial charge in [0.05, 0.1) is 11.6 Å². The molecule has 0 aliphatic heterocycles. The molecule has 0 spiro atoms. The molecule has 0 fully saturated rings. The standard InChI is InChI=1S/C22H16ClFN2O/c23-20-10-8-19(9-11-20)22(27)26(15-18-2-1-3-21(24)12-18)14-17-6-4-16(13-25)5-7-17/h1-12H,14-15H2. The number of benzene rings is 3. The van der Waals surface area contributed by atoms with Gasteiger partial charge in [0, 0.05) is 23.7 Å². The van der Waals surface area contributed by atoms with Gasteiger partial charge < -0.3 is 4.90 Å². The third kappa shape index (κ3) is 4.93. The first-order valence-corrected chi connectivity index (χ1v) is 8.71. The highest BCUT2D eigenvalue weighted by Crippen LogP contribution is 2.17. The van der Waals surface area contributed by atoms with Crippen molar-refractivity contribution < 1.29 is 9.18 Å². The molecule has 0 N–H and O–H groups in total. The Morgan fingerprint density at radius 1 is 0.963 bits per heavy atom. The summed E-state index contributed by atoms with van der Waals surface area (Å²) in [6.45, 7) is 0.600. The van der Waals surface area contributed by atoms with Crippen LogP contribution in [0.3, 0.4) is 0 Å². The van der Waals surface area contributed by atoms with Gasteiger partial charge in [-0.2, -0.15) is 5.26 Å². The fourth-order valence-electron chi connectivity index (χ4n) is 2.74. The van der Waals surface area contributed by atoms with E-state index in [0.717, 1.165) is 5.56 Å². The average Bonchev–Trinajstić information content (AvgIpc) is 2.68. The second kappa shape index (κ2) is 8.48. The first kappa shape index (κ1) is 18.6. The highest BCUT2D eigenvalue weighted by atomic mass is 35.5. The second-order valence-electron chi connectivity index (χ2n) is 6.11. The van der Waals surface area contributed by atoms with Gasteiger partial charge in [-0.3, -0.25) is 4.79 Å². The first-order chi connectivity index (χ1) is 13.0. The molecule has 3 nitrogen and oxygen atoms in total. The van der Waals surface area contributed by atoms with Crippen LogP contribution in [0.5, 0.6) is 0 Å². The molecule has 0 aromatic heterocycles. The predicted molar refractivity (Wildman–Crippen MR) is 103 cm³/mol. The minimum atomic E-state index is -0.343. The summed E-state index contributed by atoms with van der Waals surface area (Å²) in [7, 11) is 0. The topological polar surface area (TPSA) is 44.1 Å². The van der Waals surface area contributed by atoms with E-state index in [1.807, 2.05) is 12.1 Å². The molecule has 0 aliphatic rings. The maximum absolute atomic E-state index is 13.5. The summed E-state index contributed by atoms with van der Waals surface area (Å²) in [6.07, 6.45) is 0. The molecule has 0 saturated carbocycles. The summed E-state index contributed by atoms with van der Waals surface area (Å²) in [5, 5.41) is 9.48. The summed E-state index contributed by atoms with van der Waals surface area (Å²) in [5.41, 5.74) is 2.64. The van der Waals surface area contributed by atoms with E-state index in [1.165, 1.54) is 12.1 Å². The Bertz CT molecular complexity index is 978. The molecule has 0 heterocycles. The third-order valence-electron chi connectivity index (χ3n) is 4.10. The first-order valence-electron chi connectivity index (χ1n) is 8.33. The second-order valence-corrected chi connectivity index (χ2v) is 6.54. The molecule has 3 rings (SSSR count). The Hall–Kier alpha value is -3.16. The summed E-state index contributed by atoms with van der Waals surface area (Å²) in [5.74, 6) is -0.523. The molecule has 0 bridgehead atoms. The molecule has 3 aromatic rings. The van der Waals surface area contributed by atoms with Gasteiger partial charge in [0.15, 0.2) is 0 Å². The fourth-order valence-corrected chi connectivity index (χ4v) is 2.86. The van der Waals surface area contributed by atoms with Crippen LogP contribution in [0, 0.1) is 17.1 Å². The van der Waals surface area contributed by atoms with Crippen LogP contribution in [0.1, 0.15) is 27.0 Å². The van der Waals surface area contributed by atoms with E-state index >= 15 is 0 Å². The van der Waals surface area contributed by atoms with Gasteiger partial charge in [0.1, 0.15) is 5.82 Å². The number of nitrogens with zero attached hydrogens (tertiary/aromatic N) is 2. The van der Waals surface area contributed by atoms with Crippen LogP contribution < -0.4 is 0 Å². The minimum Gasteiger partial charge on any atom is -0.330 e. The number of hydrogen-bond acceptors (Lipinski definition) is 2. The molecule has 0 aliphatic carbocycles. The van der Waals surface area contributed by atoms with Gasteiger partial charge in [-0.25, -0.2) is 4.39 Å². The molecule has 0 atom stereocenters. The monoisotopic (exact) mass is 378 g/mol. The lowest BCUT2D eigenvalue weighted by Gasteiger charge is -2.23. The van der Waals surface area contributed by atoms with Crippen LogP contribution in [0.25, 0.3) is 0 Å². The van der Waals surface area contributed by atoms with E-state index in [0.29, 0.717) is 28.3 Å². The fraction of sp³-hybridized carbons (Fsp3) is 0.0909. The molecule has 134 valence electrons. The molecule has 5 heteroatoms. The van der Waals surface area contributed by atoms with Gasteiger partial charge in [-0.1, -0.05) is 35.9 Å².